The zero-order valence-corrected chi connectivity index (χ0v) is 12.7. The van der Waals surface area contributed by atoms with Crippen LogP contribution < -0.4 is 5.32 Å². The van der Waals surface area contributed by atoms with E-state index in [1.165, 1.54) is 6.92 Å². The summed E-state index contributed by atoms with van der Waals surface area (Å²) < 4.78 is 5.69. The van der Waals surface area contributed by atoms with Crippen LogP contribution in [0.15, 0.2) is 30.3 Å². The van der Waals surface area contributed by atoms with E-state index >= 15 is 0 Å². The van der Waals surface area contributed by atoms with Crippen molar-refractivity contribution >= 4 is 11.7 Å². The number of nitrogens with zero attached hydrogens (tertiary/aromatic N) is 1. The smallest absolute Gasteiger partial charge is 0.218 e. The second-order valence-electron chi connectivity index (χ2n) is 5.54. The summed E-state index contributed by atoms with van der Waals surface area (Å²) in [6, 6.07) is 9.04. The average molecular weight is 290 g/mol. The fourth-order valence-corrected chi connectivity index (χ4v) is 2.70. The largest absolute Gasteiger partial charge is 0.373 e. The van der Waals surface area contributed by atoms with Crippen LogP contribution in [0.4, 0.5) is 0 Å². The van der Waals surface area contributed by atoms with Crippen molar-refractivity contribution in [3.63, 3.8) is 0 Å². The lowest BCUT2D eigenvalue weighted by Gasteiger charge is -2.39. The molecule has 0 unspecified atom stereocenters. The van der Waals surface area contributed by atoms with Gasteiger partial charge in [-0.05, 0) is 13.8 Å². The summed E-state index contributed by atoms with van der Waals surface area (Å²) >= 11 is 0. The van der Waals surface area contributed by atoms with Gasteiger partial charge in [0.15, 0.2) is 5.78 Å². The Bertz CT molecular complexity index is 494. The number of hydrogen-bond acceptors (Lipinski definition) is 4. The minimum atomic E-state index is -0.640. The highest BCUT2D eigenvalue weighted by Crippen LogP contribution is 2.15. The maximum absolute atomic E-state index is 12.7. The molecule has 0 spiro atoms. The summed E-state index contributed by atoms with van der Waals surface area (Å²) in [4.78, 5) is 26.2. The number of carbonyl (C=O) groups excluding carboxylic acids is 2. The first-order valence-corrected chi connectivity index (χ1v) is 7.23. The third-order valence-electron chi connectivity index (χ3n) is 3.46. The number of carbonyl (C=O) groups is 2. The lowest BCUT2D eigenvalue weighted by molar-refractivity contribution is -0.123. The zero-order valence-electron chi connectivity index (χ0n) is 12.7. The number of benzene rings is 1. The van der Waals surface area contributed by atoms with Crippen LogP contribution >= 0.6 is 0 Å². The van der Waals surface area contributed by atoms with Crippen molar-refractivity contribution < 1.29 is 14.3 Å². The lowest BCUT2D eigenvalue weighted by Crippen LogP contribution is -2.59. The van der Waals surface area contributed by atoms with Crippen molar-refractivity contribution in [2.24, 2.45) is 0 Å². The SMILES string of the molecule is CC(=O)N[C@H](C(=O)c1ccccc1)N1C[C@@H](C)O[C@@H](C)C1. The Balaban J connectivity index is 2.21. The Morgan fingerprint density at radius 1 is 1.19 bits per heavy atom. The van der Waals surface area contributed by atoms with Gasteiger partial charge in [-0.15, -0.1) is 0 Å². The van der Waals surface area contributed by atoms with Gasteiger partial charge in [-0.1, -0.05) is 30.3 Å². The van der Waals surface area contributed by atoms with Crippen LogP contribution in [-0.2, 0) is 9.53 Å². The van der Waals surface area contributed by atoms with E-state index in [9.17, 15) is 9.59 Å². The molecule has 0 bridgehead atoms. The highest BCUT2D eigenvalue weighted by atomic mass is 16.5. The molecule has 1 heterocycles. The normalized spacial score (nSPS) is 24.3. The minimum absolute atomic E-state index is 0.0357. The predicted molar refractivity (Wildman–Crippen MR) is 80.0 cm³/mol. The molecule has 0 radical (unpaired) electrons. The van der Waals surface area contributed by atoms with E-state index in [4.69, 9.17) is 4.74 Å². The molecule has 21 heavy (non-hydrogen) atoms. The van der Waals surface area contributed by atoms with E-state index in [1.807, 2.05) is 36.9 Å². The fourth-order valence-electron chi connectivity index (χ4n) is 2.70. The molecule has 5 nitrogen and oxygen atoms in total. The molecular formula is C16H22N2O3. The van der Waals surface area contributed by atoms with Crippen LogP contribution in [0.5, 0.6) is 0 Å². The van der Waals surface area contributed by atoms with E-state index in [2.05, 4.69) is 5.32 Å². The molecule has 1 fully saturated rings. The van der Waals surface area contributed by atoms with E-state index in [-0.39, 0.29) is 23.9 Å². The van der Waals surface area contributed by atoms with Crippen LogP contribution in [0, 0.1) is 0 Å². The maximum atomic E-state index is 12.7. The molecule has 3 atom stereocenters. The summed E-state index contributed by atoms with van der Waals surface area (Å²) in [6.07, 6.45) is -0.569. The highest BCUT2D eigenvalue weighted by molar-refractivity contribution is 6.01. The molecule has 1 N–H and O–H groups in total. The van der Waals surface area contributed by atoms with Gasteiger partial charge < -0.3 is 10.1 Å². The van der Waals surface area contributed by atoms with Gasteiger partial charge in [0.2, 0.25) is 5.91 Å². The average Bonchev–Trinajstić information content (AvgIpc) is 2.43. The Morgan fingerprint density at radius 2 is 1.76 bits per heavy atom. The van der Waals surface area contributed by atoms with Crippen LogP contribution in [0.2, 0.25) is 0 Å². The van der Waals surface area contributed by atoms with Gasteiger partial charge in [0.05, 0.1) is 12.2 Å². The standard InChI is InChI=1S/C16H22N2O3/c1-11-9-18(10-12(2)21-11)16(17-13(3)19)15(20)14-7-5-4-6-8-14/h4-8,11-12,16H,9-10H2,1-3H3,(H,17,19)/t11-,12+,16-/m0/s1. The number of rotatable bonds is 4. The molecule has 5 heteroatoms. The summed E-state index contributed by atoms with van der Waals surface area (Å²) in [5.74, 6) is -0.303. The van der Waals surface area contributed by atoms with E-state index in [0.29, 0.717) is 18.7 Å². The van der Waals surface area contributed by atoms with Crippen molar-refractivity contribution in [1.82, 2.24) is 10.2 Å². The molecule has 1 aliphatic rings. The number of hydrogen-bond donors (Lipinski definition) is 1. The van der Waals surface area contributed by atoms with Crippen LogP contribution in [0.1, 0.15) is 31.1 Å². The number of nitrogens with one attached hydrogen (secondary N) is 1. The molecule has 1 aliphatic heterocycles. The molecule has 114 valence electrons. The minimum Gasteiger partial charge on any atom is -0.373 e. The summed E-state index contributed by atoms with van der Waals surface area (Å²) in [7, 11) is 0. The summed E-state index contributed by atoms with van der Waals surface area (Å²) in [5, 5.41) is 2.77. The first-order chi connectivity index (χ1) is 9.97. The van der Waals surface area contributed by atoms with Crippen molar-refractivity contribution in [1.29, 1.82) is 0 Å². The van der Waals surface area contributed by atoms with Crippen molar-refractivity contribution in [2.75, 3.05) is 13.1 Å². The van der Waals surface area contributed by atoms with Crippen LogP contribution in [0.25, 0.3) is 0 Å². The molecule has 0 saturated carbocycles. The third kappa shape index (κ3) is 4.12. The maximum Gasteiger partial charge on any atom is 0.218 e. The van der Waals surface area contributed by atoms with E-state index in [0.717, 1.165) is 0 Å². The van der Waals surface area contributed by atoms with Gasteiger partial charge in [0.1, 0.15) is 6.17 Å². The lowest BCUT2D eigenvalue weighted by atomic mass is 10.1. The van der Waals surface area contributed by atoms with E-state index in [1.54, 1.807) is 12.1 Å². The Labute approximate surface area is 125 Å². The molecule has 1 amide bonds. The third-order valence-corrected chi connectivity index (χ3v) is 3.46. The molecular weight excluding hydrogens is 268 g/mol. The quantitative estimate of drug-likeness (QED) is 0.853. The Kier molecular flexibility index (Phi) is 5.09. The Hall–Kier alpha value is -1.72. The van der Waals surface area contributed by atoms with Gasteiger partial charge in [0.25, 0.3) is 0 Å². The molecule has 0 aromatic heterocycles. The van der Waals surface area contributed by atoms with Crippen molar-refractivity contribution in [2.45, 2.75) is 39.1 Å². The monoisotopic (exact) mass is 290 g/mol. The predicted octanol–water partition coefficient (Wildman–Crippen LogP) is 1.44. The van der Waals surface area contributed by atoms with Gasteiger partial charge in [0, 0.05) is 25.6 Å². The van der Waals surface area contributed by atoms with Gasteiger partial charge >= 0.3 is 0 Å². The number of amides is 1. The first kappa shape index (κ1) is 15.7. The van der Waals surface area contributed by atoms with Crippen molar-refractivity contribution in [3.8, 4) is 0 Å². The fraction of sp³-hybridized carbons (Fsp3) is 0.500. The number of morpholine rings is 1. The molecule has 1 aromatic carbocycles. The number of ketones is 1. The van der Waals surface area contributed by atoms with Gasteiger partial charge in [-0.3, -0.25) is 14.5 Å². The second-order valence-corrected chi connectivity index (χ2v) is 5.54. The first-order valence-electron chi connectivity index (χ1n) is 7.23. The Morgan fingerprint density at radius 3 is 2.29 bits per heavy atom. The van der Waals surface area contributed by atoms with Crippen LogP contribution in [0.3, 0.4) is 0 Å². The summed E-state index contributed by atoms with van der Waals surface area (Å²) in [6.45, 7) is 6.61. The topological polar surface area (TPSA) is 58.6 Å². The zero-order chi connectivity index (χ0) is 15.4. The molecule has 1 saturated heterocycles. The van der Waals surface area contributed by atoms with Gasteiger partial charge in [-0.25, -0.2) is 0 Å². The van der Waals surface area contributed by atoms with Crippen molar-refractivity contribution in [3.05, 3.63) is 35.9 Å². The van der Waals surface area contributed by atoms with E-state index < -0.39 is 6.17 Å². The highest BCUT2D eigenvalue weighted by Gasteiger charge is 2.33. The second kappa shape index (κ2) is 6.83. The number of Topliss-reactive ketones (excluding diaryl/α,β-unsaturated/α-hetero) is 1. The molecule has 1 aromatic rings. The molecule has 0 aliphatic carbocycles. The molecule has 2 rings (SSSR count). The summed E-state index contributed by atoms with van der Waals surface area (Å²) in [5.41, 5.74) is 0.600. The number of ether oxygens (including phenoxy) is 1. The van der Waals surface area contributed by atoms with Crippen LogP contribution in [-0.4, -0.2) is 48.1 Å². The van der Waals surface area contributed by atoms with Gasteiger partial charge in [-0.2, -0.15) is 0 Å².